The third-order valence-corrected chi connectivity index (χ3v) is 5.21. The van der Waals surface area contributed by atoms with Gasteiger partial charge in [-0.1, -0.05) is 48.6 Å². The maximum absolute atomic E-state index is 10.3. The van der Waals surface area contributed by atoms with Gasteiger partial charge in [-0.25, -0.2) is 0 Å². The summed E-state index contributed by atoms with van der Waals surface area (Å²) in [4.78, 5) is 0. The quantitative estimate of drug-likeness (QED) is 0.815. The Morgan fingerprint density at radius 1 is 1.12 bits per heavy atom. The Morgan fingerprint density at radius 2 is 1.96 bits per heavy atom. The average molecular weight is 372 g/mol. The van der Waals surface area contributed by atoms with Crippen LogP contribution in [0.1, 0.15) is 28.7 Å². The number of aryl methyl sites for hydroxylation is 1. The van der Waals surface area contributed by atoms with Crippen LogP contribution in [0.4, 0.5) is 0 Å². The number of hydrogen-bond acceptors (Lipinski definition) is 3. The van der Waals surface area contributed by atoms with E-state index in [4.69, 9.17) is 4.74 Å². The van der Waals surface area contributed by atoms with Crippen molar-refractivity contribution in [3.63, 3.8) is 0 Å². The number of aliphatic hydroxyl groups excluding tert-OH is 1. The van der Waals surface area contributed by atoms with Crippen LogP contribution in [0, 0.1) is 0 Å². The van der Waals surface area contributed by atoms with Crippen LogP contribution in [0.25, 0.3) is 6.08 Å². The molecule has 4 rings (SSSR count). The van der Waals surface area contributed by atoms with E-state index < -0.39 is 6.10 Å². The minimum atomic E-state index is -0.498. The molecule has 0 radical (unpaired) electrons. The zero-order valence-corrected chi connectivity index (χ0v) is 15.7. The molecule has 2 aromatic carbocycles. The molecule has 26 heavy (non-hydrogen) atoms. The van der Waals surface area contributed by atoms with E-state index in [0.29, 0.717) is 19.2 Å². The van der Waals surface area contributed by atoms with Gasteiger partial charge in [-0.05, 0) is 48.4 Å². The maximum Gasteiger partial charge on any atom is 0.123 e. The number of halogens is 1. The molecule has 2 unspecified atom stereocenters. The summed E-state index contributed by atoms with van der Waals surface area (Å²) in [6.07, 6.45) is 7.98. The van der Waals surface area contributed by atoms with Crippen LogP contribution in [0.3, 0.4) is 0 Å². The van der Waals surface area contributed by atoms with Crippen molar-refractivity contribution in [1.82, 2.24) is 5.32 Å². The van der Waals surface area contributed by atoms with Gasteiger partial charge in [-0.3, -0.25) is 0 Å². The van der Waals surface area contributed by atoms with Crippen molar-refractivity contribution in [2.24, 2.45) is 0 Å². The summed E-state index contributed by atoms with van der Waals surface area (Å²) in [5, 5.41) is 13.8. The molecule has 2 atom stereocenters. The van der Waals surface area contributed by atoms with Crippen LogP contribution in [0.5, 0.6) is 5.75 Å². The molecule has 2 aromatic rings. The fourth-order valence-electron chi connectivity index (χ4n) is 3.82. The van der Waals surface area contributed by atoms with E-state index in [1.54, 1.807) is 0 Å². The fraction of sp³-hybridized carbons (Fsp3) is 0.364. The van der Waals surface area contributed by atoms with Gasteiger partial charge in [-0.15, -0.1) is 12.4 Å². The second-order valence-electron chi connectivity index (χ2n) is 7.01. The van der Waals surface area contributed by atoms with Crippen LogP contribution in [0.15, 0.2) is 48.5 Å². The summed E-state index contributed by atoms with van der Waals surface area (Å²) in [5.41, 5.74) is 5.36. The molecule has 2 N–H and O–H groups in total. The van der Waals surface area contributed by atoms with Crippen molar-refractivity contribution in [3.05, 3.63) is 70.8 Å². The van der Waals surface area contributed by atoms with Crippen molar-refractivity contribution in [3.8, 4) is 5.75 Å². The summed E-state index contributed by atoms with van der Waals surface area (Å²) in [6, 6.07) is 15.2. The van der Waals surface area contributed by atoms with Gasteiger partial charge in [0.1, 0.15) is 18.5 Å². The highest BCUT2D eigenvalue weighted by atomic mass is 35.5. The lowest BCUT2D eigenvalue weighted by Gasteiger charge is -2.26. The van der Waals surface area contributed by atoms with E-state index in [-0.39, 0.29) is 12.4 Å². The van der Waals surface area contributed by atoms with Gasteiger partial charge in [-0.2, -0.15) is 0 Å². The topological polar surface area (TPSA) is 41.5 Å². The predicted molar refractivity (Wildman–Crippen MR) is 108 cm³/mol. The molecule has 2 aliphatic rings. The molecule has 4 heteroatoms. The van der Waals surface area contributed by atoms with Gasteiger partial charge in [0.15, 0.2) is 0 Å². The second kappa shape index (κ2) is 8.72. The van der Waals surface area contributed by atoms with E-state index in [9.17, 15) is 5.11 Å². The largest absolute Gasteiger partial charge is 0.491 e. The maximum atomic E-state index is 10.3. The normalized spacial score (nSPS) is 18.6. The Morgan fingerprint density at radius 3 is 2.85 bits per heavy atom. The molecule has 0 saturated heterocycles. The van der Waals surface area contributed by atoms with Gasteiger partial charge >= 0.3 is 0 Å². The number of fused-ring (bicyclic) bond motifs is 2. The minimum Gasteiger partial charge on any atom is -0.491 e. The van der Waals surface area contributed by atoms with Gasteiger partial charge in [0, 0.05) is 18.2 Å². The molecule has 0 spiro atoms. The zero-order chi connectivity index (χ0) is 17.1. The van der Waals surface area contributed by atoms with Crippen molar-refractivity contribution >= 4 is 18.5 Å². The lowest BCUT2D eigenvalue weighted by molar-refractivity contribution is 0.102. The molecule has 0 heterocycles. The fourth-order valence-corrected chi connectivity index (χ4v) is 3.82. The highest BCUT2D eigenvalue weighted by Crippen LogP contribution is 2.28. The summed E-state index contributed by atoms with van der Waals surface area (Å²) in [7, 11) is 0. The molecular weight excluding hydrogens is 346 g/mol. The first-order valence-corrected chi connectivity index (χ1v) is 9.19. The minimum absolute atomic E-state index is 0. The number of benzene rings is 2. The number of allylic oxidation sites excluding steroid dienone is 1. The van der Waals surface area contributed by atoms with E-state index in [1.165, 1.54) is 22.3 Å². The van der Waals surface area contributed by atoms with E-state index in [2.05, 4.69) is 47.8 Å². The predicted octanol–water partition coefficient (Wildman–Crippen LogP) is 3.56. The smallest absolute Gasteiger partial charge is 0.123 e. The standard InChI is InChI=1S/C22H25NO2.ClH/c24-20(15-25-22-10-4-8-17-7-3-9-21(17)22)14-23-19-12-11-16-5-1-2-6-18(16)13-19;/h1-8,10,19-20,23-24H,9,11-15H2;1H. The molecule has 3 nitrogen and oxygen atoms in total. The highest BCUT2D eigenvalue weighted by molar-refractivity contribution is 5.85. The molecule has 0 aromatic heterocycles. The van der Waals surface area contributed by atoms with Gasteiger partial charge < -0.3 is 15.2 Å². The summed E-state index contributed by atoms with van der Waals surface area (Å²) < 4.78 is 5.88. The summed E-state index contributed by atoms with van der Waals surface area (Å²) in [6.45, 7) is 0.896. The van der Waals surface area contributed by atoms with E-state index >= 15 is 0 Å². The third kappa shape index (κ3) is 4.29. The Balaban J connectivity index is 0.00000196. The molecule has 138 valence electrons. The average Bonchev–Trinajstić information content (AvgIpc) is 3.14. The number of hydrogen-bond donors (Lipinski definition) is 2. The van der Waals surface area contributed by atoms with Crippen molar-refractivity contribution in [1.29, 1.82) is 0 Å². The van der Waals surface area contributed by atoms with Crippen molar-refractivity contribution < 1.29 is 9.84 Å². The van der Waals surface area contributed by atoms with Gasteiger partial charge in [0.2, 0.25) is 0 Å². The Labute approximate surface area is 161 Å². The highest BCUT2D eigenvalue weighted by Gasteiger charge is 2.19. The van der Waals surface area contributed by atoms with Crippen LogP contribution < -0.4 is 10.1 Å². The molecule has 0 amide bonds. The summed E-state index contributed by atoms with van der Waals surface area (Å²) in [5.74, 6) is 0.896. The molecule has 0 bridgehead atoms. The van der Waals surface area contributed by atoms with Crippen LogP contribution in [0.2, 0.25) is 0 Å². The van der Waals surface area contributed by atoms with E-state index in [1.807, 2.05) is 12.1 Å². The first-order chi connectivity index (χ1) is 12.3. The third-order valence-electron chi connectivity index (χ3n) is 5.21. The zero-order valence-electron chi connectivity index (χ0n) is 14.9. The second-order valence-corrected chi connectivity index (χ2v) is 7.01. The van der Waals surface area contributed by atoms with Gasteiger partial charge in [0.05, 0.1) is 0 Å². The van der Waals surface area contributed by atoms with Crippen molar-refractivity contribution in [2.45, 2.75) is 37.8 Å². The molecular formula is C22H26ClNO2. The first kappa shape index (κ1) is 19.0. The molecule has 2 aliphatic carbocycles. The van der Waals surface area contributed by atoms with Crippen LogP contribution >= 0.6 is 12.4 Å². The molecule has 0 saturated carbocycles. The van der Waals surface area contributed by atoms with Crippen LogP contribution in [-0.2, 0) is 19.3 Å². The lowest BCUT2D eigenvalue weighted by atomic mass is 9.88. The first-order valence-electron chi connectivity index (χ1n) is 9.19. The number of ether oxygens (including phenoxy) is 1. The lowest BCUT2D eigenvalue weighted by Crippen LogP contribution is -2.40. The van der Waals surface area contributed by atoms with Gasteiger partial charge in [0.25, 0.3) is 0 Å². The Bertz CT molecular complexity index is 774. The Hall–Kier alpha value is -1.81. The number of nitrogens with one attached hydrogen (secondary N) is 1. The number of aliphatic hydroxyl groups is 1. The molecule has 0 aliphatic heterocycles. The number of rotatable bonds is 6. The Kier molecular flexibility index (Phi) is 6.36. The molecule has 0 fully saturated rings. The monoisotopic (exact) mass is 371 g/mol. The van der Waals surface area contributed by atoms with E-state index in [0.717, 1.165) is 31.4 Å². The SMILES string of the molecule is Cl.OC(CNC1CCc2ccccc2C1)COc1cccc2c1CC=C2. The van der Waals surface area contributed by atoms with Crippen LogP contribution in [-0.4, -0.2) is 30.4 Å². The summed E-state index contributed by atoms with van der Waals surface area (Å²) >= 11 is 0. The van der Waals surface area contributed by atoms with Crippen molar-refractivity contribution in [2.75, 3.05) is 13.2 Å².